The fraction of sp³-hybridized carbons (Fsp3) is 0.562. The monoisotopic (exact) mass is 342 g/mol. The number of benzene rings is 1. The third-order valence-electron chi connectivity index (χ3n) is 4.13. The Morgan fingerprint density at radius 2 is 2.14 bits per heavy atom. The normalized spacial score (nSPS) is 21.9. The maximum atomic E-state index is 13.1. The quantitative estimate of drug-likeness (QED) is 0.638. The van der Waals surface area contributed by atoms with Crippen LogP contribution in [0, 0.1) is 11.7 Å². The predicted molar refractivity (Wildman–Crippen MR) is 93.8 cm³/mol. The number of rotatable bonds is 5. The summed E-state index contributed by atoms with van der Waals surface area (Å²) in [6, 6.07) is 4.87. The summed E-state index contributed by atoms with van der Waals surface area (Å²) in [5, 5.41) is 3.92. The highest BCUT2D eigenvalue weighted by molar-refractivity contribution is 7.97. The molecule has 0 heterocycles. The van der Waals surface area contributed by atoms with Gasteiger partial charge in [0.05, 0.1) is 0 Å². The number of amides is 1. The zero-order valence-electron chi connectivity index (χ0n) is 13.3. The third kappa shape index (κ3) is 4.43. The van der Waals surface area contributed by atoms with Crippen molar-refractivity contribution in [3.63, 3.8) is 0 Å². The van der Waals surface area contributed by atoms with E-state index in [0.29, 0.717) is 5.92 Å². The number of halogens is 1. The van der Waals surface area contributed by atoms with Crippen LogP contribution in [0.15, 0.2) is 23.1 Å². The van der Waals surface area contributed by atoms with E-state index in [9.17, 15) is 9.18 Å². The standard InChI is InChI=1S/C16H24FN2OPS/c1-10-5-4-6-12(10)18-15(20)16(2,3)19-22-14-8-7-11(17)9-13(14)21/h7-10,12,19H,4-6,21H2,1-3H3,(H,18,20). The van der Waals surface area contributed by atoms with Gasteiger partial charge in [-0.1, -0.05) is 13.3 Å². The lowest BCUT2D eigenvalue weighted by Crippen LogP contribution is -2.53. The zero-order chi connectivity index (χ0) is 16.3. The molecule has 0 aliphatic heterocycles. The molecule has 122 valence electrons. The molecule has 3 atom stereocenters. The van der Waals surface area contributed by atoms with Gasteiger partial charge in [0.2, 0.25) is 5.91 Å². The third-order valence-corrected chi connectivity index (χ3v) is 6.02. The second-order valence-electron chi connectivity index (χ2n) is 6.50. The summed E-state index contributed by atoms with van der Waals surface area (Å²) >= 11 is 1.35. The highest BCUT2D eigenvalue weighted by Gasteiger charge is 2.32. The molecule has 2 N–H and O–H groups in total. The van der Waals surface area contributed by atoms with E-state index in [1.165, 1.54) is 36.9 Å². The van der Waals surface area contributed by atoms with Crippen LogP contribution in [0.3, 0.4) is 0 Å². The molecular formula is C16H24FN2OPS. The largest absolute Gasteiger partial charge is 0.351 e. The first-order chi connectivity index (χ1) is 10.3. The molecule has 1 saturated carbocycles. The predicted octanol–water partition coefficient (Wildman–Crippen LogP) is 3.01. The van der Waals surface area contributed by atoms with Crippen LogP contribution < -0.4 is 15.3 Å². The van der Waals surface area contributed by atoms with Gasteiger partial charge < -0.3 is 5.32 Å². The smallest absolute Gasteiger partial charge is 0.240 e. The molecule has 3 nitrogen and oxygen atoms in total. The molecule has 1 aliphatic rings. The van der Waals surface area contributed by atoms with Gasteiger partial charge in [-0.3, -0.25) is 4.79 Å². The highest BCUT2D eigenvalue weighted by Crippen LogP contribution is 2.26. The van der Waals surface area contributed by atoms with Crippen LogP contribution >= 0.6 is 21.2 Å². The number of hydrogen-bond acceptors (Lipinski definition) is 3. The first-order valence-corrected chi connectivity index (χ1v) is 8.99. The van der Waals surface area contributed by atoms with Crippen molar-refractivity contribution >= 4 is 32.4 Å². The summed E-state index contributed by atoms with van der Waals surface area (Å²) in [7, 11) is 2.51. The van der Waals surface area contributed by atoms with Crippen molar-refractivity contribution in [3.8, 4) is 0 Å². The van der Waals surface area contributed by atoms with Gasteiger partial charge in [-0.25, -0.2) is 9.11 Å². The van der Waals surface area contributed by atoms with Crippen LogP contribution in [0.2, 0.25) is 0 Å². The van der Waals surface area contributed by atoms with Crippen LogP contribution in [-0.4, -0.2) is 17.5 Å². The van der Waals surface area contributed by atoms with Crippen molar-refractivity contribution < 1.29 is 9.18 Å². The SMILES string of the molecule is CC1CCCC1NC(=O)C(C)(C)NSc1ccc(F)cc1P. The van der Waals surface area contributed by atoms with E-state index in [0.717, 1.165) is 16.6 Å². The van der Waals surface area contributed by atoms with Crippen molar-refractivity contribution in [1.82, 2.24) is 10.0 Å². The number of hydrogen-bond donors (Lipinski definition) is 2. The van der Waals surface area contributed by atoms with Crippen molar-refractivity contribution in [2.24, 2.45) is 5.92 Å². The van der Waals surface area contributed by atoms with E-state index in [1.807, 2.05) is 13.8 Å². The molecule has 22 heavy (non-hydrogen) atoms. The molecular weight excluding hydrogens is 318 g/mol. The Kier molecular flexibility index (Phi) is 5.87. The molecule has 0 saturated heterocycles. The van der Waals surface area contributed by atoms with Gasteiger partial charge in [-0.2, -0.15) is 0 Å². The summed E-state index contributed by atoms with van der Waals surface area (Å²) in [5.41, 5.74) is -0.696. The van der Waals surface area contributed by atoms with Gasteiger partial charge in [0.25, 0.3) is 0 Å². The van der Waals surface area contributed by atoms with Crippen LogP contribution in [0.4, 0.5) is 4.39 Å². The molecule has 0 bridgehead atoms. The second kappa shape index (κ2) is 7.29. The Hall–Kier alpha value is -0.640. The second-order valence-corrected chi connectivity index (χ2v) is 7.97. The van der Waals surface area contributed by atoms with E-state index < -0.39 is 5.54 Å². The summed E-state index contributed by atoms with van der Waals surface area (Å²) in [5.74, 6) is 0.288. The minimum absolute atomic E-state index is 0.00571. The molecule has 2 rings (SSSR count). The topological polar surface area (TPSA) is 41.1 Å². The van der Waals surface area contributed by atoms with E-state index in [4.69, 9.17) is 0 Å². The fourth-order valence-corrected chi connectivity index (χ4v) is 3.75. The minimum Gasteiger partial charge on any atom is -0.351 e. The number of carbonyl (C=O) groups is 1. The van der Waals surface area contributed by atoms with E-state index in [-0.39, 0.29) is 17.8 Å². The minimum atomic E-state index is -0.696. The van der Waals surface area contributed by atoms with Crippen LogP contribution in [0.1, 0.15) is 40.0 Å². The molecule has 6 heteroatoms. The molecule has 1 aromatic carbocycles. The molecule has 3 unspecified atom stereocenters. The van der Waals surface area contributed by atoms with Crippen molar-refractivity contribution in [2.75, 3.05) is 0 Å². The lowest BCUT2D eigenvalue weighted by atomic mass is 10.0. The molecule has 1 fully saturated rings. The van der Waals surface area contributed by atoms with Crippen molar-refractivity contribution in [3.05, 3.63) is 24.0 Å². The summed E-state index contributed by atoms with van der Waals surface area (Å²) in [6.07, 6.45) is 3.42. The number of nitrogens with one attached hydrogen (secondary N) is 2. The summed E-state index contributed by atoms with van der Waals surface area (Å²) in [6.45, 7) is 5.91. The Morgan fingerprint density at radius 3 is 2.73 bits per heavy atom. The van der Waals surface area contributed by atoms with Crippen molar-refractivity contribution in [1.29, 1.82) is 0 Å². The Balaban J connectivity index is 1.93. The molecule has 1 aliphatic carbocycles. The maximum absolute atomic E-state index is 13.1. The summed E-state index contributed by atoms with van der Waals surface area (Å²) < 4.78 is 16.3. The van der Waals surface area contributed by atoms with E-state index in [1.54, 1.807) is 6.07 Å². The maximum Gasteiger partial charge on any atom is 0.240 e. The van der Waals surface area contributed by atoms with E-state index in [2.05, 4.69) is 26.2 Å². The molecule has 1 aromatic rings. The molecule has 0 aromatic heterocycles. The van der Waals surface area contributed by atoms with E-state index >= 15 is 0 Å². The zero-order valence-corrected chi connectivity index (χ0v) is 15.3. The van der Waals surface area contributed by atoms with Crippen molar-refractivity contribution in [2.45, 2.75) is 56.5 Å². The Labute approximate surface area is 138 Å². The molecule has 0 radical (unpaired) electrons. The number of carbonyl (C=O) groups excluding carboxylic acids is 1. The van der Waals surface area contributed by atoms with Crippen LogP contribution in [0.5, 0.6) is 0 Å². The summed E-state index contributed by atoms with van der Waals surface area (Å²) in [4.78, 5) is 13.4. The van der Waals surface area contributed by atoms with Crippen LogP contribution in [0.25, 0.3) is 0 Å². The molecule has 1 amide bonds. The lowest BCUT2D eigenvalue weighted by molar-refractivity contribution is -0.126. The van der Waals surface area contributed by atoms with Gasteiger partial charge in [-0.15, -0.1) is 9.24 Å². The van der Waals surface area contributed by atoms with Gasteiger partial charge in [0, 0.05) is 10.9 Å². The van der Waals surface area contributed by atoms with Gasteiger partial charge >= 0.3 is 0 Å². The van der Waals surface area contributed by atoms with Crippen LogP contribution in [-0.2, 0) is 4.79 Å². The highest BCUT2D eigenvalue weighted by atomic mass is 32.2. The Morgan fingerprint density at radius 1 is 1.41 bits per heavy atom. The van der Waals surface area contributed by atoms with Gasteiger partial charge in [-0.05, 0) is 68.1 Å². The molecule has 0 spiro atoms. The first kappa shape index (κ1) is 17.7. The Bertz CT molecular complexity index is 553. The van der Waals surface area contributed by atoms with Gasteiger partial charge in [0.1, 0.15) is 11.4 Å². The first-order valence-electron chi connectivity index (χ1n) is 7.59. The van der Waals surface area contributed by atoms with Gasteiger partial charge in [0.15, 0.2) is 0 Å². The lowest BCUT2D eigenvalue weighted by Gasteiger charge is -2.28. The average Bonchev–Trinajstić information content (AvgIpc) is 2.83. The fourth-order valence-electron chi connectivity index (χ4n) is 2.55. The average molecular weight is 342 g/mol.